The van der Waals surface area contributed by atoms with Crippen LogP contribution >= 0.6 is 0 Å². The Labute approximate surface area is 307 Å². The van der Waals surface area contributed by atoms with E-state index in [0.717, 1.165) is 36.0 Å². The number of ether oxygens (including phenoxy) is 2. The van der Waals surface area contributed by atoms with E-state index in [-0.39, 0.29) is 43.8 Å². The highest BCUT2D eigenvalue weighted by molar-refractivity contribution is 5.88. The van der Waals surface area contributed by atoms with Gasteiger partial charge in [0.05, 0.1) is 18.4 Å². The SMILES string of the molecule is CC(C)C[C@@H](C(=O)NN(Cc1ccccc1)C(=O)CCCNC(=O)OCc1ccccc1)[C@H](CCCc1ccccc1)C(=O)NOC1CCCCO1. The number of nitrogens with one attached hydrogen (secondary N) is 3. The molecule has 1 unspecified atom stereocenters. The molecule has 11 nitrogen and oxygen atoms in total. The van der Waals surface area contributed by atoms with Gasteiger partial charge in [0, 0.05) is 26.0 Å². The maximum absolute atomic E-state index is 14.3. The Kier molecular flexibility index (Phi) is 17.1. The molecule has 3 atom stereocenters. The van der Waals surface area contributed by atoms with Crippen molar-refractivity contribution in [1.82, 2.24) is 21.2 Å². The van der Waals surface area contributed by atoms with E-state index in [0.29, 0.717) is 38.7 Å². The van der Waals surface area contributed by atoms with Crippen molar-refractivity contribution in [3.63, 3.8) is 0 Å². The van der Waals surface area contributed by atoms with E-state index in [9.17, 15) is 19.2 Å². The smallest absolute Gasteiger partial charge is 0.407 e. The second-order valence-corrected chi connectivity index (χ2v) is 13.6. The first-order valence-corrected chi connectivity index (χ1v) is 18.5. The molecular weight excluding hydrogens is 660 g/mol. The molecule has 1 aliphatic heterocycles. The topological polar surface area (TPSA) is 135 Å². The third-order valence-corrected chi connectivity index (χ3v) is 8.92. The maximum Gasteiger partial charge on any atom is 0.407 e. The number of amides is 4. The van der Waals surface area contributed by atoms with Gasteiger partial charge < -0.3 is 14.8 Å². The van der Waals surface area contributed by atoms with Gasteiger partial charge in [-0.25, -0.2) is 20.1 Å². The Morgan fingerprint density at radius 3 is 2.10 bits per heavy atom. The normalized spacial score (nSPS) is 15.2. The molecule has 4 rings (SSSR count). The number of aryl methyl sites for hydroxylation is 1. The van der Waals surface area contributed by atoms with Crippen molar-refractivity contribution in [1.29, 1.82) is 0 Å². The van der Waals surface area contributed by atoms with Gasteiger partial charge in [-0.1, -0.05) is 105 Å². The molecular formula is C41H54N4O7. The summed E-state index contributed by atoms with van der Waals surface area (Å²) in [7, 11) is 0. The Balaban J connectivity index is 1.42. The Morgan fingerprint density at radius 2 is 1.46 bits per heavy atom. The summed E-state index contributed by atoms with van der Waals surface area (Å²) in [6.07, 6.45) is 4.17. The summed E-state index contributed by atoms with van der Waals surface area (Å²) in [4.78, 5) is 59.6. The van der Waals surface area contributed by atoms with Gasteiger partial charge in [0.15, 0.2) is 6.29 Å². The monoisotopic (exact) mass is 714 g/mol. The van der Waals surface area contributed by atoms with Crippen molar-refractivity contribution in [2.75, 3.05) is 13.2 Å². The number of nitrogens with zero attached hydrogens (tertiary/aromatic N) is 1. The third-order valence-electron chi connectivity index (χ3n) is 8.92. The zero-order valence-electron chi connectivity index (χ0n) is 30.5. The van der Waals surface area contributed by atoms with Crippen LogP contribution in [0.1, 0.15) is 81.9 Å². The summed E-state index contributed by atoms with van der Waals surface area (Å²) < 4.78 is 10.9. The molecule has 280 valence electrons. The molecule has 0 spiro atoms. The van der Waals surface area contributed by atoms with Gasteiger partial charge in [0.25, 0.3) is 0 Å². The van der Waals surface area contributed by atoms with Gasteiger partial charge in [-0.2, -0.15) is 0 Å². The van der Waals surface area contributed by atoms with Crippen molar-refractivity contribution in [2.24, 2.45) is 17.8 Å². The molecule has 0 bridgehead atoms. The first-order chi connectivity index (χ1) is 25.3. The van der Waals surface area contributed by atoms with E-state index in [1.54, 1.807) is 0 Å². The number of carbonyl (C=O) groups excluding carboxylic acids is 4. The Morgan fingerprint density at radius 1 is 0.808 bits per heavy atom. The molecule has 1 fully saturated rings. The largest absolute Gasteiger partial charge is 0.445 e. The van der Waals surface area contributed by atoms with E-state index in [1.165, 1.54) is 5.01 Å². The molecule has 0 aliphatic carbocycles. The summed E-state index contributed by atoms with van der Waals surface area (Å²) in [5, 5.41) is 4.01. The summed E-state index contributed by atoms with van der Waals surface area (Å²) >= 11 is 0. The lowest BCUT2D eigenvalue weighted by atomic mass is 9.81. The van der Waals surface area contributed by atoms with E-state index >= 15 is 0 Å². The fourth-order valence-electron chi connectivity index (χ4n) is 6.16. The summed E-state index contributed by atoms with van der Waals surface area (Å²) in [5.41, 5.74) is 8.37. The van der Waals surface area contributed by atoms with E-state index in [1.807, 2.05) is 105 Å². The number of carbonyl (C=O) groups is 4. The van der Waals surface area contributed by atoms with Crippen LogP contribution < -0.4 is 16.2 Å². The number of alkyl carbamates (subject to hydrolysis) is 1. The number of hydrogen-bond donors (Lipinski definition) is 3. The minimum Gasteiger partial charge on any atom is -0.445 e. The van der Waals surface area contributed by atoms with Gasteiger partial charge in [0.2, 0.25) is 17.7 Å². The lowest BCUT2D eigenvalue weighted by Gasteiger charge is -2.31. The second-order valence-electron chi connectivity index (χ2n) is 13.6. The molecule has 3 aromatic carbocycles. The predicted octanol–water partition coefficient (Wildman–Crippen LogP) is 6.63. The Bertz CT molecular complexity index is 1500. The Hall–Kier alpha value is -4.74. The molecule has 1 aliphatic rings. The van der Waals surface area contributed by atoms with Crippen LogP contribution in [0.4, 0.5) is 4.79 Å². The molecule has 11 heteroatoms. The lowest BCUT2D eigenvalue weighted by molar-refractivity contribution is -0.203. The van der Waals surface area contributed by atoms with Gasteiger partial charge in [-0.3, -0.25) is 19.8 Å². The van der Waals surface area contributed by atoms with Gasteiger partial charge in [-0.05, 0) is 67.6 Å². The third kappa shape index (κ3) is 14.5. The van der Waals surface area contributed by atoms with Crippen molar-refractivity contribution >= 4 is 23.8 Å². The average Bonchev–Trinajstić information content (AvgIpc) is 3.17. The van der Waals surface area contributed by atoms with Crippen molar-refractivity contribution in [3.8, 4) is 0 Å². The number of hydrogen-bond acceptors (Lipinski definition) is 7. The van der Waals surface area contributed by atoms with Gasteiger partial charge in [0.1, 0.15) is 6.61 Å². The van der Waals surface area contributed by atoms with Crippen LogP contribution in [0.5, 0.6) is 0 Å². The van der Waals surface area contributed by atoms with Crippen LogP contribution in [0.15, 0.2) is 91.0 Å². The van der Waals surface area contributed by atoms with E-state index < -0.39 is 30.1 Å². The maximum atomic E-state index is 14.3. The highest BCUT2D eigenvalue weighted by atomic mass is 16.8. The minimum atomic E-state index is -0.737. The first-order valence-electron chi connectivity index (χ1n) is 18.5. The predicted molar refractivity (Wildman–Crippen MR) is 198 cm³/mol. The molecule has 4 amide bonds. The highest BCUT2D eigenvalue weighted by Gasteiger charge is 2.36. The fraction of sp³-hybridized carbons (Fsp3) is 0.463. The van der Waals surface area contributed by atoms with Crippen molar-refractivity contribution in [2.45, 2.75) is 91.1 Å². The highest BCUT2D eigenvalue weighted by Crippen LogP contribution is 2.27. The van der Waals surface area contributed by atoms with Crippen LogP contribution in [0.3, 0.4) is 0 Å². The van der Waals surface area contributed by atoms with Crippen LogP contribution in [0.2, 0.25) is 0 Å². The number of hydrazine groups is 1. The standard InChI is InChI=1S/C41H54N4O7/c1-31(2)28-36(35(23-14-22-32-16-6-3-7-17-32)40(48)44-52-38-25-12-13-27-50-38)39(47)43-45(29-33-18-8-4-9-19-33)37(46)24-15-26-42-41(49)51-30-34-20-10-5-11-21-34/h3-11,16-21,31,35-36,38H,12-15,22-30H2,1-2H3,(H,42,49)(H,43,47)(H,44,48)/t35-,36+,38?/m0/s1. The summed E-state index contributed by atoms with van der Waals surface area (Å²) in [6, 6.07) is 28.8. The average molecular weight is 715 g/mol. The molecule has 52 heavy (non-hydrogen) atoms. The molecule has 1 saturated heterocycles. The van der Waals surface area contributed by atoms with Crippen LogP contribution in [-0.2, 0) is 48.3 Å². The minimum absolute atomic E-state index is 0.0666. The van der Waals surface area contributed by atoms with Crippen LogP contribution in [0.25, 0.3) is 0 Å². The van der Waals surface area contributed by atoms with Crippen LogP contribution in [0, 0.1) is 17.8 Å². The van der Waals surface area contributed by atoms with Crippen molar-refractivity contribution in [3.05, 3.63) is 108 Å². The quantitative estimate of drug-likeness (QED) is 0.0938. The molecule has 3 N–H and O–H groups in total. The number of hydroxylamine groups is 1. The molecule has 0 radical (unpaired) electrons. The number of benzene rings is 3. The molecule has 1 heterocycles. The summed E-state index contributed by atoms with van der Waals surface area (Å²) in [5.74, 6) is -2.46. The molecule has 0 saturated carbocycles. The summed E-state index contributed by atoms with van der Waals surface area (Å²) in [6.45, 7) is 5.09. The van der Waals surface area contributed by atoms with E-state index in [2.05, 4.69) is 16.2 Å². The number of rotatable bonds is 19. The second kappa shape index (κ2) is 22.3. The fourth-order valence-corrected chi connectivity index (χ4v) is 6.16. The first kappa shape index (κ1) is 40.0. The van der Waals surface area contributed by atoms with Crippen molar-refractivity contribution < 1.29 is 33.5 Å². The van der Waals surface area contributed by atoms with Crippen LogP contribution in [-0.4, -0.2) is 48.3 Å². The lowest BCUT2D eigenvalue weighted by Crippen LogP contribution is -2.51. The molecule has 3 aromatic rings. The zero-order chi connectivity index (χ0) is 37.0. The van der Waals surface area contributed by atoms with E-state index in [4.69, 9.17) is 14.3 Å². The van der Waals surface area contributed by atoms with Gasteiger partial charge in [-0.15, -0.1) is 0 Å². The zero-order valence-corrected chi connectivity index (χ0v) is 30.5. The van der Waals surface area contributed by atoms with Gasteiger partial charge >= 0.3 is 6.09 Å². The molecule has 0 aromatic heterocycles.